The Morgan fingerprint density at radius 2 is 1.60 bits per heavy atom. The Balaban J connectivity index is 2.03. The number of aromatic nitrogens is 1. The van der Waals surface area contributed by atoms with Crippen molar-refractivity contribution in [3.63, 3.8) is 0 Å². The van der Waals surface area contributed by atoms with Gasteiger partial charge < -0.3 is 9.47 Å². The quantitative estimate of drug-likeness (QED) is 0.785. The third kappa shape index (κ3) is 2.03. The minimum absolute atomic E-state index is 0.0196. The Kier molecular flexibility index (Phi) is 2.93. The lowest BCUT2D eigenvalue weighted by Crippen LogP contribution is -2.24. The number of hydrogen-bond acceptors (Lipinski definition) is 2. The van der Waals surface area contributed by atoms with Crippen LogP contribution < -0.4 is 4.90 Å². The largest absolute Gasteiger partial charge is 0.318 e. The summed E-state index contributed by atoms with van der Waals surface area (Å²) in [6.45, 7) is 4.28. The van der Waals surface area contributed by atoms with Crippen molar-refractivity contribution >= 4 is 17.4 Å². The molecule has 3 rings (SSSR count). The monoisotopic (exact) mass is 268 g/mol. The second kappa shape index (κ2) is 4.63. The van der Waals surface area contributed by atoms with Gasteiger partial charge in [0.25, 0.3) is 0 Å². The number of rotatable bonds is 2. The number of nitrogens with zero attached hydrogens (tertiary/aromatic N) is 2. The fourth-order valence-electron chi connectivity index (χ4n) is 2.70. The van der Waals surface area contributed by atoms with Crippen LogP contribution in [0.4, 0.5) is 5.69 Å². The summed E-state index contributed by atoms with van der Waals surface area (Å²) in [7, 11) is 0. The van der Waals surface area contributed by atoms with Crippen LogP contribution in [0.15, 0.2) is 36.4 Å². The first-order valence-corrected chi connectivity index (χ1v) is 6.64. The van der Waals surface area contributed by atoms with Gasteiger partial charge in [0.1, 0.15) is 0 Å². The van der Waals surface area contributed by atoms with E-state index in [2.05, 4.69) is 16.7 Å². The van der Waals surface area contributed by atoms with Crippen molar-refractivity contribution in [3.8, 4) is 5.69 Å². The summed E-state index contributed by atoms with van der Waals surface area (Å²) in [6.07, 6.45) is 0.0196. The highest BCUT2D eigenvalue weighted by molar-refractivity contribution is 6.15. The molecule has 0 N–H and O–H groups in total. The van der Waals surface area contributed by atoms with Gasteiger partial charge in [-0.2, -0.15) is 0 Å². The van der Waals surface area contributed by atoms with Gasteiger partial charge >= 0.3 is 0 Å². The average molecular weight is 268 g/mol. The van der Waals surface area contributed by atoms with Crippen molar-refractivity contribution in [1.29, 1.82) is 0 Å². The summed E-state index contributed by atoms with van der Waals surface area (Å²) in [4.78, 5) is 24.8. The van der Waals surface area contributed by atoms with Gasteiger partial charge in [-0.1, -0.05) is 6.07 Å². The molecule has 0 aliphatic carbocycles. The predicted octanol–water partition coefficient (Wildman–Crippen LogP) is 2.40. The molecule has 4 nitrogen and oxygen atoms in total. The minimum Gasteiger partial charge on any atom is -0.318 e. The van der Waals surface area contributed by atoms with Crippen LogP contribution in [0.2, 0.25) is 0 Å². The third-order valence-corrected chi connectivity index (χ3v) is 3.65. The predicted molar refractivity (Wildman–Crippen MR) is 77.2 cm³/mol. The van der Waals surface area contributed by atoms with E-state index in [1.807, 2.05) is 38.1 Å². The van der Waals surface area contributed by atoms with Crippen LogP contribution in [0.1, 0.15) is 17.8 Å². The zero-order chi connectivity index (χ0) is 14.3. The lowest BCUT2D eigenvalue weighted by atomic mass is 10.2. The molecule has 4 heteroatoms. The van der Waals surface area contributed by atoms with Gasteiger partial charge in [-0.05, 0) is 44.2 Å². The standard InChI is InChI=1S/C16H16N2O2/c1-11-6-7-12(2)18(11)14-5-3-4-13(8-14)17-10-15(19)9-16(17)20/h3-8H,9-10H2,1-2H3. The maximum Gasteiger partial charge on any atom is 0.234 e. The van der Waals surface area contributed by atoms with Crippen molar-refractivity contribution in [1.82, 2.24) is 4.57 Å². The molecule has 1 aromatic heterocycles. The highest BCUT2D eigenvalue weighted by Crippen LogP contribution is 2.24. The Labute approximate surface area is 117 Å². The van der Waals surface area contributed by atoms with Gasteiger partial charge in [-0.15, -0.1) is 0 Å². The van der Waals surface area contributed by atoms with Gasteiger partial charge in [0, 0.05) is 22.8 Å². The molecule has 1 aromatic carbocycles. The van der Waals surface area contributed by atoms with Crippen molar-refractivity contribution in [3.05, 3.63) is 47.8 Å². The minimum atomic E-state index is -0.117. The van der Waals surface area contributed by atoms with Crippen molar-refractivity contribution in [2.75, 3.05) is 11.4 Å². The van der Waals surface area contributed by atoms with E-state index in [0.717, 1.165) is 22.8 Å². The molecule has 1 aliphatic rings. The van der Waals surface area contributed by atoms with Gasteiger partial charge in [0.05, 0.1) is 13.0 Å². The van der Waals surface area contributed by atoms with Crippen LogP contribution in [0, 0.1) is 13.8 Å². The average Bonchev–Trinajstić information content (AvgIpc) is 2.92. The molecule has 0 saturated carbocycles. The maximum absolute atomic E-state index is 11.8. The van der Waals surface area contributed by atoms with Crippen LogP contribution in [-0.4, -0.2) is 22.8 Å². The summed E-state index contributed by atoms with van der Waals surface area (Å²) < 4.78 is 2.13. The number of hydrogen-bond donors (Lipinski definition) is 0. The molecule has 1 amide bonds. The third-order valence-electron chi connectivity index (χ3n) is 3.65. The van der Waals surface area contributed by atoms with E-state index in [4.69, 9.17) is 0 Å². The topological polar surface area (TPSA) is 42.3 Å². The van der Waals surface area contributed by atoms with E-state index < -0.39 is 0 Å². The number of Topliss-reactive ketones (excluding diaryl/α,β-unsaturated/α-hetero) is 1. The first-order chi connectivity index (χ1) is 9.56. The molecule has 0 atom stereocenters. The smallest absolute Gasteiger partial charge is 0.234 e. The number of aryl methyl sites for hydroxylation is 2. The molecule has 102 valence electrons. The van der Waals surface area contributed by atoms with Gasteiger partial charge in [0.2, 0.25) is 5.91 Å². The van der Waals surface area contributed by atoms with Gasteiger partial charge in [0.15, 0.2) is 5.78 Å². The van der Waals surface area contributed by atoms with Crippen molar-refractivity contribution in [2.45, 2.75) is 20.3 Å². The highest BCUT2D eigenvalue weighted by Gasteiger charge is 2.28. The number of carbonyl (C=O) groups is 2. The normalized spacial score (nSPS) is 15.2. The Morgan fingerprint density at radius 1 is 0.950 bits per heavy atom. The molecule has 0 unspecified atom stereocenters. The molecule has 0 spiro atoms. The molecule has 1 saturated heterocycles. The lowest BCUT2D eigenvalue weighted by molar-refractivity contribution is -0.121. The van der Waals surface area contributed by atoms with Crippen LogP contribution in [0.3, 0.4) is 0 Å². The van der Waals surface area contributed by atoms with E-state index >= 15 is 0 Å². The molecule has 0 radical (unpaired) electrons. The second-order valence-corrected chi connectivity index (χ2v) is 5.17. The van der Waals surface area contributed by atoms with E-state index in [9.17, 15) is 9.59 Å². The summed E-state index contributed by atoms with van der Waals surface area (Å²) in [5, 5.41) is 0. The fourth-order valence-corrected chi connectivity index (χ4v) is 2.70. The summed E-state index contributed by atoms with van der Waals surface area (Å²) >= 11 is 0. The Hall–Kier alpha value is -2.36. The zero-order valence-electron chi connectivity index (χ0n) is 11.6. The number of benzene rings is 1. The Bertz CT molecular complexity index is 681. The van der Waals surface area contributed by atoms with Crippen LogP contribution >= 0.6 is 0 Å². The number of ketones is 1. The molecule has 2 aromatic rings. The number of anilines is 1. The summed E-state index contributed by atoms with van der Waals surface area (Å²) in [5.41, 5.74) is 4.08. The Morgan fingerprint density at radius 3 is 2.20 bits per heavy atom. The van der Waals surface area contributed by atoms with Crippen molar-refractivity contribution in [2.24, 2.45) is 0 Å². The highest BCUT2D eigenvalue weighted by atomic mass is 16.2. The molecular formula is C16H16N2O2. The van der Waals surface area contributed by atoms with Crippen molar-refractivity contribution < 1.29 is 9.59 Å². The van der Waals surface area contributed by atoms with E-state index in [1.54, 1.807) is 4.90 Å². The van der Waals surface area contributed by atoms with E-state index in [-0.39, 0.29) is 24.7 Å². The fraction of sp³-hybridized carbons (Fsp3) is 0.250. The van der Waals surface area contributed by atoms with E-state index in [1.165, 1.54) is 0 Å². The zero-order valence-corrected chi connectivity index (χ0v) is 11.6. The number of amides is 1. The first kappa shape index (κ1) is 12.7. The molecule has 1 aliphatic heterocycles. The lowest BCUT2D eigenvalue weighted by Gasteiger charge is -2.17. The summed E-state index contributed by atoms with van der Waals surface area (Å²) in [6, 6.07) is 11.9. The second-order valence-electron chi connectivity index (χ2n) is 5.17. The van der Waals surface area contributed by atoms with Gasteiger partial charge in [-0.25, -0.2) is 0 Å². The van der Waals surface area contributed by atoms with Crippen LogP contribution in [0.5, 0.6) is 0 Å². The maximum atomic E-state index is 11.8. The molecule has 20 heavy (non-hydrogen) atoms. The molecule has 2 heterocycles. The molecule has 0 bridgehead atoms. The number of carbonyl (C=O) groups excluding carboxylic acids is 2. The van der Waals surface area contributed by atoms with E-state index in [0.29, 0.717) is 0 Å². The van der Waals surface area contributed by atoms with Gasteiger partial charge in [-0.3, -0.25) is 9.59 Å². The SMILES string of the molecule is Cc1ccc(C)n1-c1cccc(N2CC(=O)CC2=O)c1. The molecule has 1 fully saturated rings. The first-order valence-electron chi connectivity index (χ1n) is 6.64. The summed E-state index contributed by atoms with van der Waals surface area (Å²) in [5.74, 6) is -0.137. The molecular weight excluding hydrogens is 252 g/mol. The van der Waals surface area contributed by atoms with Crippen LogP contribution in [0.25, 0.3) is 5.69 Å². The van der Waals surface area contributed by atoms with Crippen LogP contribution in [-0.2, 0) is 9.59 Å².